The van der Waals surface area contributed by atoms with Crippen molar-refractivity contribution in [3.63, 3.8) is 0 Å². The van der Waals surface area contributed by atoms with Crippen LogP contribution in [0.1, 0.15) is 23.0 Å². The lowest BCUT2D eigenvalue weighted by Gasteiger charge is -2.18. The summed E-state index contributed by atoms with van der Waals surface area (Å²) in [5, 5.41) is 10.0. The molecule has 0 unspecified atom stereocenters. The first-order chi connectivity index (χ1) is 15.7. The minimum absolute atomic E-state index is 0.274. The van der Waals surface area contributed by atoms with Gasteiger partial charge in [0.05, 0.1) is 24.2 Å². The van der Waals surface area contributed by atoms with Crippen molar-refractivity contribution in [3.05, 3.63) is 84.3 Å². The fourth-order valence-electron chi connectivity index (χ4n) is 3.97. The molecule has 0 radical (unpaired) electrons. The van der Waals surface area contributed by atoms with Gasteiger partial charge in [0.25, 0.3) is 0 Å². The van der Waals surface area contributed by atoms with E-state index in [-0.39, 0.29) is 12.4 Å². The Morgan fingerprint density at radius 3 is 2.94 bits per heavy atom. The fraction of sp³-hybridized carbons (Fsp3) is 0.217. The Morgan fingerprint density at radius 1 is 1.25 bits per heavy atom. The molecule has 0 saturated heterocycles. The number of hydrogen-bond acceptors (Lipinski definition) is 6. The van der Waals surface area contributed by atoms with Crippen molar-refractivity contribution in [2.75, 3.05) is 25.3 Å². The van der Waals surface area contributed by atoms with Crippen LogP contribution < -0.4 is 9.75 Å². The first-order valence-electron chi connectivity index (χ1n) is 10.2. The first-order valence-corrected chi connectivity index (χ1v) is 10.2. The highest BCUT2D eigenvalue weighted by Gasteiger charge is 2.30. The Kier molecular flexibility index (Phi) is 5.14. The molecule has 3 aromatic rings. The average molecular weight is 432 g/mol. The number of aliphatic imine (C=N–C) groups is 1. The van der Waals surface area contributed by atoms with Crippen molar-refractivity contribution in [1.82, 2.24) is 9.55 Å². The summed E-state index contributed by atoms with van der Waals surface area (Å²) in [5.41, 5.74) is 3.80. The van der Waals surface area contributed by atoms with Crippen molar-refractivity contribution < 1.29 is 13.9 Å². The maximum absolute atomic E-state index is 14.2. The topological polar surface area (TPSA) is 76.6 Å². The first kappa shape index (κ1) is 19.9. The molecule has 162 valence electrons. The largest absolute Gasteiger partial charge is 0.497 e. The molecule has 0 aliphatic carbocycles. The maximum atomic E-state index is 14.2. The molecule has 0 N–H and O–H groups in total. The van der Waals surface area contributed by atoms with Crippen LogP contribution in [-0.4, -0.2) is 35.7 Å². The molecule has 0 spiro atoms. The van der Waals surface area contributed by atoms with E-state index in [1.165, 1.54) is 12.3 Å². The third kappa shape index (κ3) is 3.41. The third-order valence-electron chi connectivity index (χ3n) is 5.51. The molecule has 32 heavy (non-hydrogen) atoms. The summed E-state index contributed by atoms with van der Waals surface area (Å²) in [7, 11) is 1.62. The van der Waals surface area contributed by atoms with Gasteiger partial charge in [0.15, 0.2) is 0 Å². The molecule has 3 heterocycles. The van der Waals surface area contributed by atoms with Crippen molar-refractivity contribution in [3.8, 4) is 11.4 Å². The summed E-state index contributed by atoms with van der Waals surface area (Å²) in [6.07, 6.45) is 3.75. The van der Waals surface area contributed by atoms with Crippen LogP contribution in [-0.2, 0) is 11.2 Å². The van der Waals surface area contributed by atoms with Crippen LogP contribution in [0.4, 0.5) is 10.1 Å². The summed E-state index contributed by atoms with van der Waals surface area (Å²) in [5.74, 6) is 0.840. The summed E-state index contributed by atoms with van der Waals surface area (Å²) in [6.45, 7) is 4.44. The number of nitrogens with zero attached hydrogens (tertiary/aromatic N) is 6. The summed E-state index contributed by atoms with van der Waals surface area (Å²) >= 11 is 0. The van der Waals surface area contributed by atoms with Crippen molar-refractivity contribution in [2.45, 2.75) is 12.5 Å². The van der Waals surface area contributed by atoms with E-state index in [0.717, 1.165) is 17.1 Å². The predicted molar refractivity (Wildman–Crippen MR) is 118 cm³/mol. The Hall–Kier alpha value is -4.01. The smallest absolute Gasteiger partial charge is 0.238 e. The van der Waals surface area contributed by atoms with Crippen molar-refractivity contribution >= 4 is 11.6 Å². The number of fused-ring (bicyclic) bond motifs is 3. The lowest BCUT2D eigenvalue weighted by atomic mass is 10.1. The average Bonchev–Trinajstić information content (AvgIpc) is 3.43. The highest BCUT2D eigenvalue weighted by molar-refractivity contribution is 5.95. The number of halogens is 1. The van der Waals surface area contributed by atoms with Crippen LogP contribution in [0.5, 0.6) is 5.75 Å². The number of imidazole rings is 1. The zero-order valence-electron chi connectivity index (χ0n) is 17.5. The summed E-state index contributed by atoms with van der Waals surface area (Å²) in [6, 6.07) is 12.0. The zero-order chi connectivity index (χ0) is 22.1. The van der Waals surface area contributed by atoms with E-state index in [4.69, 9.17) is 9.47 Å². The summed E-state index contributed by atoms with van der Waals surface area (Å²) in [4.78, 5) is 9.24. The number of methoxy groups -OCH3 is 1. The molecule has 9 heteroatoms. The van der Waals surface area contributed by atoms with Crippen LogP contribution in [0.15, 0.2) is 76.9 Å². The molecule has 0 bridgehead atoms. The Balaban J connectivity index is 1.55. The van der Waals surface area contributed by atoms with Crippen LogP contribution in [0.3, 0.4) is 0 Å². The lowest BCUT2D eigenvalue weighted by Crippen LogP contribution is -2.18. The van der Waals surface area contributed by atoms with Crippen LogP contribution in [0.2, 0.25) is 0 Å². The van der Waals surface area contributed by atoms with Gasteiger partial charge in [0.1, 0.15) is 36.2 Å². The van der Waals surface area contributed by atoms with Crippen LogP contribution >= 0.6 is 0 Å². The van der Waals surface area contributed by atoms with E-state index in [9.17, 15) is 4.39 Å². The SMILES string of the molecule is C=CN=NN1CCc2c(C3=N[C@@H](c4ccccc4F)CO3)ncn2-c2ccc(OC)cc21. The molecule has 8 nitrogen and oxygen atoms in total. The molecule has 2 aromatic carbocycles. The molecule has 5 rings (SSSR count). The monoisotopic (exact) mass is 432 g/mol. The van der Waals surface area contributed by atoms with Gasteiger partial charge in [-0.3, -0.25) is 0 Å². The molecular weight excluding hydrogens is 411 g/mol. The van der Waals surface area contributed by atoms with Gasteiger partial charge in [0, 0.05) is 30.8 Å². The highest BCUT2D eigenvalue weighted by Crippen LogP contribution is 2.35. The number of hydrogen-bond donors (Lipinski definition) is 0. The van der Waals surface area contributed by atoms with Gasteiger partial charge in [-0.1, -0.05) is 30.0 Å². The second-order valence-electron chi connectivity index (χ2n) is 7.31. The Morgan fingerprint density at radius 2 is 2.12 bits per heavy atom. The Bertz CT molecular complexity index is 1230. The molecule has 1 aromatic heterocycles. The molecular formula is C23H21FN6O2. The van der Waals surface area contributed by atoms with Gasteiger partial charge in [-0.2, -0.15) is 0 Å². The number of aromatic nitrogens is 2. The molecule has 0 saturated carbocycles. The number of benzene rings is 2. The third-order valence-corrected chi connectivity index (χ3v) is 5.51. The van der Waals surface area contributed by atoms with E-state index in [1.807, 2.05) is 22.8 Å². The second kappa shape index (κ2) is 8.26. The fourth-order valence-corrected chi connectivity index (χ4v) is 3.97. The van der Waals surface area contributed by atoms with E-state index in [0.29, 0.717) is 35.9 Å². The predicted octanol–water partition coefficient (Wildman–Crippen LogP) is 4.41. The van der Waals surface area contributed by atoms with Crippen molar-refractivity contribution in [2.24, 2.45) is 15.3 Å². The van der Waals surface area contributed by atoms with E-state index < -0.39 is 6.04 Å². The molecule has 0 amide bonds. The number of rotatable bonds is 5. The Labute approximate surface area is 184 Å². The van der Waals surface area contributed by atoms with Gasteiger partial charge >= 0.3 is 0 Å². The number of ether oxygens (including phenoxy) is 2. The molecule has 0 fully saturated rings. The van der Waals surface area contributed by atoms with E-state index in [2.05, 4.69) is 26.9 Å². The molecule has 2 aliphatic rings. The minimum Gasteiger partial charge on any atom is -0.497 e. The van der Waals surface area contributed by atoms with Crippen LogP contribution in [0.25, 0.3) is 5.69 Å². The van der Waals surface area contributed by atoms with Crippen LogP contribution in [0, 0.1) is 5.82 Å². The van der Waals surface area contributed by atoms with Gasteiger partial charge < -0.3 is 14.0 Å². The van der Waals surface area contributed by atoms with Crippen molar-refractivity contribution in [1.29, 1.82) is 0 Å². The number of anilines is 1. The van der Waals surface area contributed by atoms with Gasteiger partial charge in [-0.25, -0.2) is 19.4 Å². The van der Waals surface area contributed by atoms with Gasteiger partial charge in [-0.15, -0.1) is 5.11 Å². The summed E-state index contributed by atoms with van der Waals surface area (Å²) < 4.78 is 27.5. The van der Waals surface area contributed by atoms with Gasteiger partial charge in [-0.05, 0) is 18.2 Å². The maximum Gasteiger partial charge on any atom is 0.238 e. The standard InChI is InChI=1S/C23H21FN6O2/c1-3-26-28-30-11-10-20-22(23-27-18(13-32-23)16-6-4-5-7-17(16)24)25-14-29(20)19-9-8-15(31-2)12-21(19)30/h3-9,12,14,18H,1,10-11,13H2,2H3/t18-/m1/s1. The normalized spacial score (nSPS) is 17.4. The molecule has 1 atom stereocenters. The van der Waals surface area contributed by atoms with Gasteiger partial charge in [0.2, 0.25) is 5.90 Å². The van der Waals surface area contributed by atoms with E-state index >= 15 is 0 Å². The highest BCUT2D eigenvalue weighted by atomic mass is 19.1. The zero-order valence-corrected chi connectivity index (χ0v) is 17.5. The second-order valence-corrected chi connectivity index (χ2v) is 7.31. The molecule has 2 aliphatic heterocycles. The quantitative estimate of drug-likeness (QED) is 0.560. The minimum atomic E-state index is -0.399. The van der Waals surface area contributed by atoms with E-state index in [1.54, 1.807) is 36.6 Å². The lowest BCUT2D eigenvalue weighted by molar-refractivity contribution is 0.316.